The smallest absolute Gasteiger partial charge is 0.267 e. The Morgan fingerprint density at radius 2 is 1.92 bits per heavy atom. The van der Waals surface area contributed by atoms with Crippen molar-refractivity contribution in [1.82, 2.24) is 19.7 Å². The maximum Gasteiger partial charge on any atom is 0.267 e. The molecule has 1 N–H and O–H groups in total. The van der Waals surface area contributed by atoms with Crippen molar-refractivity contribution in [2.45, 2.75) is 13.8 Å². The van der Waals surface area contributed by atoms with Gasteiger partial charge in [-0.2, -0.15) is 4.98 Å². The second kappa shape index (κ2) is 6.11. The molecule has 0 atom stereocenters. The summed E-state index contributed by atoms with van der Waals surface area (Å²) in [6.45, 7) is 3.89. The Morgan fingerprint density at radius 1 is 1.08 bits per heavy atom. The molecule has 3 aromatic heterocycles. The van der Waals surface area contributed by atoms with E-state index < -0.39 is 0 Å². The number of hydrogen-bond donors (Lipinski definition) is 1. The van der Waals surface area contributed by atoms with E-state index in [4.69, 9.17) is 4.52 Å². The van der Waals surface area contributed by atoms with Crippen molar-refractivity contribution in [1.29, 1.82) is 0 Å². The largest absolute Gasteiger partial charge is 0.341 e. The molecule has 4 rings (SSSR count). The highest BCUT2D eigenvalue weighted by Crippen LogP contribution is 2.27. The molecule has 0 saturated heterocycles. The predicted octanol–water partition coefficient (Wildman–Crippen LogP) is 3.34. The summed E-state index contributed by atoms with van der Waals surface area (Å²) in [6.07, 6.45) is 3.05. The van der Waals surface area contributed by atoms with Gasteiger partial charge in [-0.25, -0.2) is 0 Å². The molecule has 130 valence electrons. The monoisotopic (exact) mass is 347 g/mol. The van der Waals surface area contributed by atoms with E-state index in [0.717, 1.165) is 33.4 Å². The topological polar surface area (TPSA) is 85.8 Å². The Bertz CT molecular complexity index is 1160. The first-order valence-corrected chi connectivity index (χ1v) is 8.14. The van der Waals surface area contributed by atoms with Gasteiger partial charge in [0.1, 0.15) is 0 Å². The Hall–Kier alpha value is -3.48. The van der Waals surface area contributed by atoms with E-state index in [9.17, 15) is 4.79 Å². The molecular formula is C19H17N5O2. The number of rotatable bonds is 3. The first-order valence-electron chi connectivity index (χ1n) is 8.14. The minimum absolute atomic E-state index is 0.0529. The fraction of sp³-hybridized carbons (Fsp3) is 0.158. The van der Waals surface area contributed by atoms with Crippen LogP contribution in [0.5, 0.6) is 0 Å². The van der Waals surface area contributed by atoms with Gasteiger partial charge in [-0.3, -0.25) is 9.78 Å². The van der Waals surface area contributed by atoms with Crippen molar-refractivity contribution in [3.63, 3.8) is 0 Å². The summed E-state index contributed by atoms with van der Waals surface area (Å²) < 4.78 is 6.40. The molecule has 0 aliphatic carbocycles. The summed E-state index contributed by atoms with van der Waals surface area (Å²) in [7, 11) is 1.78. The molecule has 1 aromatic carbocycles. The maximum atomic E-state index is 13.0. The van der Waals surface area contributed by atoms with E-state index in [-0.39, 0.29) is 5.56 Å². The summed E-state index contributed by atoms with van der Waals surface area (Å²) in [5.74, 6) is 0.367. The lowest BCUT2D eigenvalue weighted by Crippen LogP contribution is -2.19. The molecular weight excluding hydrogens is 330 g/mol. The van der Waals surface area contributed by atoms with Crippen molar-refractivity contribution >= 4 is 22.5 Å². The normalized spacial score (nSPS) is 11.0. The van der Waals surface area contributed by atoms with E-state index in [1.54, 1.807) is 17.8 Å². The van der Waals surface area contributed by atoms with E-state index >= 15 is 0 Å². The third-order valence-corrected chi connectivity index (χ3v) is 4.39. The molecule has 0 radical (unpaired) electrons. The molecule has 0 aliphatic rings. The summed E-state index contributed by atoms with van der Waals surface area (Å²) in [5, 5.41) is 7.73. The molecule has 0 amide bonds. The number of nitrogens with zero attached hydrogens (tertiary/aromatic N) is 4. The highest BCUT2D eigenvalue weighted by molar-refractivity contribution is 5.85. The van der Waals surface area contributed by atoms with Gasteiger partial charge in [0.2, 0.25) is 6.39 Å². The fourth-order valence-corrected chi connectivity index (χ4v) is 3.00. The lowest BCUT2D eigenvalue weighted by Gasteiger charge is -2.12. The number of aryl methyl sites for hydroxylation is 3. The third-order valence-electron chi connectivity index (χ3n) is 4.39. The van der Waals surface area contributed by atoms with Crippen LogP contribution in [0.1, 0.15) is 11.3 Å². The number of benzene rings is 1. The zero-order valence-electron chi connectivity index (χ0n) is 14.6. The lowest BCUT2D eigenvalue weighted by molar-refractivity contribution is 0.419. The summed E-state index contributed by atoms with van der Waals surface area (Å²) in [5.41, 5.74) is 4.94. The molecule has 0 spiro atoms. The van der Waals surface area contributed by atoms with E-state index in [0.29, 0.717) is 11.5 Å². The van der Waals surface area contributed by atoms with Gasteiger partial charge in [0.25, 0.3) is 11.5 Å². The third kappa shape index (κ3) is 2.73. The number of aromatic nitrogens is 4. The van der Waals surface area contributed by atoms with E-state index in [1.165, 1.54) is 6.39 Å². The quantitative estimate of drug-likeness (QED) is 0.612. The molecule has 0 bridgehead atoms. The zero-order chi connectivity index (χ0) is 18.3. The minimum atomic E-state index is -0.0529. The van der Waals surface area contributed by atoms with E-state index in [2.05, 4.69) is 20.4 Å². The van der Waals surface area contributed by atoms with Crippen molar-refractivity contribution in [2.75, 3.05) is 5.32 Å². The van der Waals surface area contributed by atoms with Crippen LogP contribution in [0, 0.1) is 13.8 Å². The average molecular weight is 347 g/mol. The van der Waals surface area contributed by atoms with Crippen molar-refractivity contribution in [3.8, 4) is 11.1 Å². The van der Waals surface area contributed by atoms with Crippen molar-refractivity contribution < 1.29 is 4.52 Å². The average Bonchev–Trinajstić information content (AvgIpc) is 3.13. The van der Waals surface area contributed by atoms with E-state index in [1.807, 2.05) is 44.2 Å². The van der Waals surface area contributed by atoms with Crippen LogP contribution < -0.4 is 10.9 Å². The summed E-state index contributed by atoms with van der Waals surface area (Å²) in [4.78, 5) is 21.3. The Morgan fingerprint density at radius 3 is 2.69 bits per heavy atom. The van der Waals surface area contributed by atoms with Crippen LogP contribution >= 0.6 is 0 Å². The highest BCUT2D eigenvalue weighted by atomic mass is 16.5. The second-order valence-electron chi connectivity index (χ2n) is 6.22. The Labute approximate surface area is 149 Å². The number of hydrogen-bond acceptors (Lipinski definition) is 6. The molecule has 4 aromatic rings. The number of fused-ring (bicyclic) bond motifs is 1. The number of anilines is 2. The van der Waals surface area contributed by atoms with Crippen LogP contribution in [0.4, 0.5) is 11.6 Å². The van der Waals surface area contributed by atoms with Gasteiger partial charge in [-0.05, 0) is 54.4 Å². The predicted molar refractivity (Wildman–Crippen MR) is 99.5 cm³/mol. The first kappa shape index (κ1) is 16.0. The van der Waals surface area contributed by atoms with Gasteiger partial charge in [-0.1, -0.05) is 6.07 Å². The second-order valence-corrected chi connectivity index (χ2v) is 6.22. The first-order chi connectivity index (χ1) is 12.5. The Kier molecular flexibility index (Phi) is 3.76. The van der Waals surface area contributed by atoms with Gasteiger partial charge < -0.3 is 14.4 Å². The molecule has 0 saturated carbocycles. The SMILES string of the molecule is Cc1cc2c(cn1)cc(-c1cc(Nc3ncon3)ccc1C)c(=O)n2C. The minimum Gasteiger partial charge on any atom is -0.341 e. The van der Waals surface area contributed by atoms with Crippen LogP contribution in [-0.2, 0) is 7.05 Å². The molecule has 0 unspecified atom stereocenters. The molecule has 0 aliphatic heterocycles. The Balaban J connectivity index is 1.88. The standard InChI is InChI=1S/C19H17N5O2/c1-11-4-5-14(22-19-21-10-26-23-19)8-15(11)16-7-13-9-20-12(2)6-17(13)24(3)18(16)25/h4-10H,1-3H3,(H,22,23). The van der Waals surface area contributed by atoms with Gasteiger partial charge in [0.15, 0.2) is 0 Å². The van der Waals surface area contributed by atoms with Gasteiger partial charge in [0, 0.05) is 35.6 Å². The van der Waals surface area contributed by atoms with Gasteiger partial charge in [0.05, 0.1) is 5.52 Å². The van der Waals surface area contributed by atoms with Crippen LogP contribution in [0.25, 0.3) is 22.0 Å². The van der Waals surface area contributed by atoms with Crippen LogP contribution in [0.2, 0.25) is 0 Å². The fourth-order valence-electron chi connectivity index (χ4n) is 3.00. The van der Waals surface area contributed by atoms with Crippen molar-refractivity contribution in [3.05, 3.63) is 64.5 Å². The number of nitrogens with one attached hydrogen (secondary N) is 1. The van der Waals surface area contributed by atoms with Crippen LogP contribution in [0.15, 0.2) is 52.2 Å². The molecule has 0 fully saturated rings. The van der Waals surface area contributed by atoms with Gasteiger partial charge >= 0.3 is 0 Å². The highest BCUT2D eigenvalue weighted by Gasteiger charge is 2.13. The van der Waals surface area contributed by atoms with Crippen LogP contribution in [-0.4, -0.2) is 19.7 Å². The molecule has 7 nitrogen and oxygen atoms in total. The van der Waals surface area contributed by atoms with Gasteiger partial charge in [-0.15, -0.1) is 0 Å². The van der Waals surface area contributed by atoms with Crippen LogP contribution in [0.3, 0.4) is 0 Å². The number of pyridine rings is 2. The zero-order valence-corrected chi connectivity index (χ0v) is 14.6. The molecule has 26 heavy (non-hydrogen) atoms. The van der Waals surface area contributed by atoms with Crippen molar-refractivity contribution in [2.24, 2.45) is 7.05 Å². The summed E-state index contributed by atoms with van der Waals surface area (Å²) >= 11 is 0. The lowest BCUT2D eigenvalue weighted by atomic mass is 9.99. The summed E-state index contributed by atoms with van der Waals surface area (Å²) in [6, 6.07) is 9.59. The molecule has 3 heterocycles. The maximum absolute atomic E-state index is 13.0. The molecule has 7 heteroatoms.